The van der Waals surface area contributed by atoms with E-state index in [1.807, 2.05) is 36.4 Å². The number of fused-ring (bicyclic) bond motifs is 1. The molecule has 0 amide bonds. The number of rotatable bonds is 2. The van der Waals surface area contributed by atoms with Crippen LogP contribution in [0.25, 0.3) is 23.1 Å². The van der Waals surface area contributed by atoms with Crippen LogP contribution in [0.1, 0.15) is 11.3 Å². The van der Waals surface area contributed by atoms with Crippen molar-refractivity contribution >= 4 is 23.1 Å². The van der Waals surface area contributed by atoms with E-state index >= 15 is 0 Å². The van der Waals surface area contributed by atoms with Crippen LogP contribution in [0.15, 0.2) is 63.8 Å². The van der Waals surface area contributed by atoms with Gasteiger partial charge in [-0.2, -0.15) is 0 Å². The molecule has 3 aromatic rings. The van der Waals surface area contributed by atoms with Gasteiger partial charge in [0.05, 0.1) is 5.39 Å². The van der Waals surface area contributed by atoms with Crippen molar-refractivity contribution in [3.05, 3.63) is 76.1 Å². The molecule has 20 heavy (non-hydrogen) atoms. The molecular weight excluding hydrogens is 252 g/mol. The highest BCUT2D eigenvalue weighted by Crippen LogP contribution is 2.19. The van der Waals surface area contributed by atoms with Crippen molar-refractivity contribution in [1.29, 1.82) is 0 Å². The standard InChI is InChI=1S/C17H12O3/c18-13-7-9-17-15(10-13)16(19)11-14(20-17)8-6-12-4-2-1-3-5-12/h1-11,18H/b8-6+. The smallest absolute Gasteiger partial charge is 0.193 e. The second-order valence-electron chi connectivity index (χ2n) is 4.44. The van der Waals surface area contributed by atoms with Gasteiger partial charge in [-0.1, -0.05) is 36.4 Å². The van der Waals surface area contributed by atoms with Crippen molar-refractivity contribution in [2.24, 2.45) is 0 Å². The Morgan fingerprint density at radius 3 is 2.55 bits per heavy atom. The lowest BCUT2D eigenvalue weighted by Crippen LogP contribution is -1.99. The van der Waals surface area contributed by atoms with Gasteiger partial charge in [0.2, 0.25) is 0 Å². The number of hydrogen-bond acceptors (Lipinski definition) is 3. The molecule has 1 N–H and O–H groups in total. The third-order valence-electron chi connectivity index (χ3n) is 2.97. The Bertz CT molecular complexity index is 830. The summed E-state index contributed by atoms with van der Waals surface area (Å²) in [5.41, 5.74) is 1.32. The van der Waals surface area contributed by atoms with Gasteiger partial charge in [-0.15, -0.1) is 0 Å². The Morgan fingerprint density at radius 2 is 1.75 bits per heavy atom. The first-order valence-corrected chi connectivity index (χ1v) is 6.22. The maximum Gasteiger partial charge on any atom is 0.193 e. The van der Waals surface area contributed by atoms with Crippen LogP contribution in [-0.4, -0.2) is 5.11 Å². The second kappa shape index (κ2) is 5.05. The van der Waals surface area contributed by atoms with Gasteiger partial charge in [-0.05, 0) is 29.8 Å². The first-order chi connectivity index (χ1) is 9.72. The van der Waals surface area contributed by atoms with Crippen LogP contribution in [0, 0.1) is 0 Å². The largest absolute Gasteiger partial charge is 0.508 e. The van der Waals surface area contributed by atoms with E-state index in [4.69, 9.17) is 4.42 Å². The highest BCUT2D eigenvalue weighted by atomic mass is 16.3. The van der Waals surface area contributed by atoms with Gasteiger partial charge in [0.1, 0.15) is 17.1 Å². The summed E-state index contributed by atoms with van der Waals surface area (Å²) < 4.78 is 5.62. The Hall–Kier alpha value is -2.81. The van der Waals surface area contributed by atoms with Crippen LogP contribution in [0.5, 0.6) is 5.75 Å². The molecule has 0 radical (unpaired) electrons. The Labute approximate surface area is 115 Å². The van der Waals surface area contributed by atoms with Crippen LogP contribution < -0.4 is 5.43 Å². The molecular formula is C17H12O3. The molecule has 0 aliphatic heterocycles. The minimum absolute atomic E-state index is 0.0531. The van der Waals surface area contributed by atoms with Gasteiger partial charge in [0.25, 0.3) is 0 Å². The van der Waals surface area contributed by atoms with Crippen molar-refractivity contribution in [2.75, 3.05) is 0 Å². The summed E-state index contributed by atoms with van der Waals surface area (Å²) in [5, 5.41) is 9.76. The number of hydrogen-bond donors (Lipinski definition) is 1. The Balaban J connectivity index is 2.03. The van der Waals surface area contributed by atoms with Crippen LogP contribution in [0.2, 0.25) is 0 Å². The van der Waals surface area contributed by atoms with E-state index in [1.165, 1.54) is 18.2 Å². The molecule has 3 nitrogen and oxygen atoms in total. The van der Waals surface area contributed by atoms with E-state index in [0.29, 0.717) is 16.7 Å². The molecule has 3 rings (SSSR count). The lowest BCUT2D eigenvalue weighted by molar-refractivity contribution is 0.475. The van der Waals surface area contributed by atoms with Gasteiger partial charge in [-0.3, -0.25) is 4.79 Å². The maximum absolute atomic E-state index is 12.0. The zero-order valence-electron chi connectivity index (χ0n) is 10.6. The second-order valence-corrected chi connectivity index (χ2v) is 4.44. The molecule has 0 aliphatic carbocycles. The summed E-state index contributed by atoms with van der Waals surface area (Å²) in [7, 11) is 0. The topological polar surface area (TPSA) is 50.4 Å². The average Bonchev–Trinajstić information content (AvgIpc) is 2.47. The van der Waals surface area contributed by atoms with E-state index < -0.39 is 0 Å². The first-order valence-electron chi connectivity index (χ1n) is 6.22. The highest BCUT2D eigenvalue weighted by molar-refractivity contribution is 5.79. The van der Waals surface area contributed by atoms with E-state index in [9.17, 15) is 9.90 Å². The number of phenolic OH excluding ortho intramolecular Hbond substituents is 1. The SMILES string of the molecule is O=c1cc(/C=C/c2ccccc2)oc2ccc(O)cc12. The van der Waals surface area contributed by atoms with E-state index in [0.717, 1.165) is 5.56 Å². The van der Waals surface area contributed by atoms with E-state index in [2.05, 4.69) is 0 Å². The molecule has 0 bridgehead atoms. The molecule has 0 saturated carbocycles. The fourth-order valence-corrected chi connectivity index (χ4v) is 1.99. The molecule has 0 saturated heterocycles. The quantitative estimate of drug-likeness (QED) is 0.768. The summed E-state index contributed by atoms with van der Waals surface area (Å²) in [5.74, 6) is 0.537. The van der Waals surface area contributed by atoms with Gasteiger partial charge in [0.15, 0.2) is 5.43 Å². The van der Waals surface area contributed by atoms with Crippen molar-refractivity contribution in [2.45, 2.75) is 0 Å². The molecule has 0 fully saturated rings. The van der Waals surface area contributed by atoms with E-state index in [-0.39, 0.29) is 11.2 Å². The predicted octanol–water partition coefficient (Wildman–Crippen LogP) is 3.67. The van der Waals surface area contributed by atoms with Crippen LogP contribution >= 0.6 is 0 Å². The lowest BCUT2D eigenvalue weighted by Gasteiger charge is -1.99. The van der Waals surface area contributed by atoms with Gasteiger partial charge >= 0.3 is 0 Å². The summed E-state index contributed by atoms with van der Waals surface area (Å²) >= 11 is 0. The van der Waals surface area contributed by atoms with Gasteiger partial charge < -0.3 is 9.52 Å². The van der Waals surface area contributed by atoms with Gasteiger partial charge in [-0.25, -0.2) is 0 Å². The van der Waals surface area contributed by atoms with Gasteiger partial charge in [0, 0.05) is 6.07 Å². The Morgan fingerprint density at radius 1 is 0.950 bits per heavy atom. The maximum atomic E-state index is 12.0. The molecule has 0 aliphatic rings. The fraction of sp³-hybridized carbons (Fsp3) is 0. The molecule has 0 atom stereocenters. The molecule has 0 spiro atoms. The molecule has 0 unspecified atom stereocenters. The molecule has 1 heterocycles. The third kappa shape index (κ3) is 2.47. The average molecular weight is 264 g/mol. The number of aromatic hydroxyl groups is 1. The van der Waals surface area contributed by atoms with Crippen molar-refractivity contribution in [3.63, 3.8) is 0 Å². The molecule has 2 aromatic carbocycles. The zero-order valence-corrected chi connectivity index (χ0v) is 10.6. The highest BCUT2D eigenvalue weighted by Gasteiger charge is 2.03. The number of phenols is 1. The van der Waals surface area contributed by atoms with Crippen molar-refractivity contribution in [1.82, 2.24) is 0 Å². The first kappa shape index (κ1) is 12.2. The van der Waals surface area contributed by atoms with Crippen molar-refractivity contribution < 1.29 is 9.52 Å². The van der Waals surface area contributed by atoms with Crippen molar-refractivity contribution in [3.8, 4) is 5.75 Å². The fourth-order valence-electron chi connectivity index (χ4n) is 1.99. The van der Waals surface area contributed by atoms with Crippen LogP contribution in [0.3, 0.4) is 0 Å². The molecule has 98 valence electrons. The van der Waals surface area contributed by atoms with E-state index in [1.54, 1.807) is 12.1 Å². The summed E-state index contributed by atoms with van der Waals surface area (Å²) in [6, 6.07) is 15.7. The third-order valence-corrected chi connectivity index (χ3v) is 2.97. The minimum Gasteiger partial charge on any atom is -0.508 e. The van der Waals surface area contributed by atoms with Crippen LogP contribution in [0.4, 0.5) is 0 Å². The minimum atomic E-state index is -0.171. The Kier molecular flexibility index (Phi) is 3.09. The number of benzene rings is 2. The lowest BCUT2D eigenvalue weighted by atomic mass is 10.2. The predicted molar refractivity (Wildman–Crippen MR) is 79.5 cm³/mol. The van der Waals surface area contributed by atoms with Crippen LogP contribution in [-0.2, 0) is 0 Å². The molecule has 3 heteroatoms. The summed E-state index contributed by atoms with van der Waals surface area (Å²) in [4.78, 5) is 12.0. The zero-order chi connectivity index (χ0) is 13.9. The monoisotopic (exact) mass is 264 g/mol. The summed E-state index contributed by atoms with van der Waals surface area (Å²) in [6.45, 7) is 0. The normalized spacial score (nSPS) is 11.2. The summed E-state index contributed by atoms with van der Waals surface area (Å²) in [6.07, 6.45) is 3.63. The molecule has 1 aromatic heterocycles.